The normalized spacial score (nSPS) is 18.1. The van der Waals surface area contributed by atoms with Crippen LogP contribution in [0.5, 0.6) is 0 Å². The largest absolute Gasteiger partial charge is 0.393 e. The summed E-state index contributed by atoms with van der Waals surface area (Å²) in [5.74, 6) is 0.789. The predicted molar refractivity (Wildman–Crippen MR) is 58.5 cm³/mol. The van der Waals surface area contributed by atoms with E-state index in [9.17, 15) is 5.11 Å². The van der Waals surface area contributed by atoms with Gasteiger partial charge in [-0.2, -0.15) is 0 Å². The third-order valence-corrected chi connectivity index (χ3v) is 2.94. The van der Waals surface area contributed by atoms with Gasteiger partial charge >= 0.3 is 0 Å². The third-order valence-electron chi connectivity index (χ3n) is 2.69. The highest BCUT2D eigenvalue weighted by Gasteiger charge is 2.24. The number of rotatable bonds is 4. The number of aliphatic hydroxyl groups excluding tert-OH is 1. The SMILES string of the molecule is OC(Cc1ccc(Cl)cc1)CC1CC1. The van der Waals surface area contributed by atoms with E-state index < -0.39 is 0 Å². The van der Waals surface area contributed by atoms with Gasteiger partial charge in [0.1, 0.15) is 0 Å². The van der Waals surface area contributed by atoms with E-state index >= 15 is 0 Å². The Bertz CT molecular complexity index is 290. The Morgan fingerprint density at radius 1 is 1.29 bits per heavy atom. The lowest BCUT2D eigenvalue weighted by molar-refractivity contribution is 0.158. The maximum atomic E-state index is 9.75. The van der Waals surface area contributed by atoms with Crippen LogP contribution < -0.4 is 0 Å². The Labute approximate surface area is 89.7 Å². The molecule has 0 heterocycles. The molecular weight excluding hydrogens is 196 g/mol. The summed E-state index contributed by atoms with van der Waals surface area (Å²) in [4.78, 5) is 0. The topological polar surface area (TPSA) is 20.2 Å². The zero-order chi connectivity index (χ0) is 9.97. The first-order valence-corrected chi connectivity index (χ1v) is 5.54. The van der Waals surface area contributed by atoms with Gasteiger partial charge < -0.3 is 5.11 Å². The molecule has 2 heteroatoms. The third kappa shape index (κ3) is 3.00. The molecule has 1 aromatic carbocycles. The molecule has 0 spiro atoms. The van der Waals surface area contributed by atoms with Crippen LogP contribution in [0, 0.1) is 5.92 Å². The van der Waals surface area contributed by atoms with Crippen molar-refractivity contribution in [3.8, 4) is 0 Å². The Kier molecular flexibility index (Phi) is 3.09. The maximum absolute atomic E-state index is 9.75. The summed E-state index contributed by atoms with van der Waals surface area (Å²) in [6.07, 6.45) is 4.15. The van der Waals surface area contributed by atoms with Crippen molar-refractivity contribution in [3.63, 3.8) is 0 Å². The highest BCUT2D eigenvalue weighted by molar-refractivity contribution is 6.30. The van der Waals surface area contributed by atoms with Crippen LogP contribution in [-0.4, -0.2) is 11.2 Å². The fraction of sp³-hybridized carbons (Fsp3) is 0.500. The van der Waals surface area contributed by atoms with Crippen LogP contribution in [0.2, 0.25) is 5.02 Å². The molecule has 76 valence electrons. The minimum atomic E-state index is -0.177. The summed E-state index contributed by atoms with van der Waals surface area (Å²) >= 11 is 5.78. The van der Waals surface area contributed by atoms with Crippen LogP contribution in [0.25, 0.3) is 0 Å². The number of hydrogen-bond acceptors (Lipinski definition) is 1. The van der Waals surface area contributed by atoms with Gasteiger partial charge in [-0.25, -0.2) is 0 Å². The fourth-order valence-electron chi connectivity index (χ4n) is 1.71. The van der Waals surface area contributed by atoms with Gasteiger partial charge in [-0.15, -0.1) is 0 Å². The molecule has 1 fully saturated rings. The zero-order valence-corrected chi connectivity index (χ0v) is 8.87. The highest BCUT2D eigenvalue weighted by Crippen LogP contribution is 2.34. The standard InChI is InChI=1S/C12H15ClO/c13-11-5-3-10(4-6-11)8-12(14)7-9-1-2-9/h3-6,9,12,14H,1-2,7-8H2. The summed E-state index contributed by atoms with van der Waals surface area (Å²) in [7, 11) is 0. The zero-order valence-electron chi connectivity index (χ0n) is 8.12. The van der Waals surface area contributed by atoms with E-state index in [4.69, 9.17) is 11.6 Å². The number of halogens is 1. The van der Waals surface area contributed by atoms with E-state index in [0.29, 0.717) is 0 Å². The van der Waals surface area contributed by atoms with E-state index in [2.05, 4.69) is 0 Å². The van der Waals surface area contributed by atoms with Crippen LogP contribution in [-0.2, 0) is 6.42 Å². The monoisotopic (exact) mass is 210 g/mol. The second kappa shape index (κ2) is 4.33. The smallest absolute Gasteiger partial charge is 0.0583 e. The summed E-state index contributed by atoms with van der Waals surface area (Å²) in [6, 6.07) is 7.72. The first-order valence-electron chi connectivity index (χ1n) is 5.16. The van der Waals surface area contributed by atoms with E-state index in [-0.39, 0.29) is 6.10 Å². The van der Waals surface area contributed by atoms with Crippen molar-refractivity contribution in [3.05, 3.63) is 34.9 Å². The van der Waals surface area contributed by atoms with Gasteiger partial charge in [0.2, 0.25) is 0 Å². The van der Waals surface area contributed by atoms with Crippen molar-refractivity contribution < 1.29 is 5.11 Å². The van der Waals surface area contributed by atoms with E-state index in [1.165, 1.54) is 18.4 Å². The fourth-order valence-corrected chi connectivity index (χ4v) is 1.84. The van der Waals surface area contributed by atoms with Crippen molar-refractivity contribution in [1.29, 1.82) is 0 Å². The average Bonchev–Trinajstić information content (AvgIpc) is 2.93. The van der Waals surface area contributed by atoms with Crippen LogP contribution in [0.4, 0.5) is 0 Å². The molecule has 0 aromatic heterocycles. The molecule has 0 bridgehead atoms. The Balaban J connectivity index is 1.85. The first kappa shape index (κ1) is 10.0. The van der Waals surface area contributed by atoms with E-state index in [1.54, 1.807) is 0 Å². The van der Waals surface area contributed by atoms with Gasteiger partial charge in [0.25, 0.3) is 0 Å². The van der Waals surface area contributed by atoms with E-state index in [1.807, 2.05) is 24.3 Å². The molecule has 1 aromatic rings. The molecule has 0 radical (unpaired) electrons. The van der Waals surface area contributed by atoms with E-state index in [0.717, 1.165) is 23.8 Å². The molecule has 1 aliphatic carbocycles. The first-order chi connectivity index (χ1) is 6.74. The maximum Gasteiger partial charge on any atom is 0.0583 e. The molecule has 1 N–H and O–H groups in total. The molecule has 1 unspecified atom stereocenters. The molecule has 2 rings (SSSR count). The minimum Gasteiger partial charge on any atom is -0.393 e. The molecule has 1 aliphatic rings. The molecule has 0 amide bonds. The second-order valence-electron chi connectivity index (χ2n) is 4.16. The molecule has 1 atom stereocenters. The number of aliphatic hydroxyl groups is 1. The van der Waals surface area contributed by atoms with Gasteiger partial charge in [-0.3, -0.25) is 0 Å². The summed E-state index contributed by atoms with van der Waals surface area (Å²) in [5.41, 5.74) is 1.17. The molecule has 14 heavy (non-hydrogen) atoms. The molecular formula is C12H15ClO. The van der Waals surface area contributed by atoms with Crippen LogP contribution >= 0.6 is 11.6 Å². The molecule has 1 nitrogen and oxygen atoms in total. The second-order valence-corrected chi connectivity index (χ2v) is 4.60. The van der Waals surface area contributed by atoms with Gasteiger partial charge in [-0.1, -0.05) is 36.6 Å². The molecule has 0 aliphatic heterocycles. The number of benzene rings is 1. The lowest BCUT2D eigenvalue weighted by atomic mass is 10.0. The number of hydrogen-bond donors (Lipinski definition) is 1. The van der Waals surface area contributed by atoms with Gasteiger partial charge in [0, 0.05) is 5.02 Å². The van der Waals surface area contributed by atoms with Crippen molar-refractivity contribution in [2.45, 2.75) is 31.8 Å². The minimum absolute atomic E-state index is 0.177. The lowest BCUT2D eigenvalue weighted by Gasteiger charge is -2.09. The summed E-state index contributed by atoms with van der Waals surface area (Å²) in [5, 5.41) is 10.5. The predicted octanol–water partition coefficient (Wildman–Crippen LogP) is 3.04. The Morgan fingerprint density at radius 3 is 2.50 bits per heavy atom. The summed E-state index contributed by atoms with van der Waals surface area (Å²) in [6.45, 7) is 0. The Morgan fingerprint density at radius 2 is 1.93 bits per heavy atom. The highest BCUT2D eigenvalue weighted by atomic mass is 35.5. The quantitative estimate of drug-likeness (QED) is 0.810. The van der Waals surface area contributed by atoms with Gasteiger partial charge in [-0.05, 0) is 36.5 Å². The Hall–Kier alpha value is -0.530. The van der Waals surface area contributed by atoms with Crippen molar-refractivity contribution in [1.82, 2.24) is 0 Å². The van der Waals surface area contributed by atoms with Gasteiger partial charge in [0.05, 0.1) is 6.10 Å². The van der Waals surface area contributed by atoms with Crippen LogP contribution in [0.15, 0.2) is 24.3 Å². The lowest BCUT2D eigenvalue weighted by Crippen LogP contribution is -2.10. The van der Waals surface area contributed by atoms with Gasteiger partial charge in [0.15, 0.2) is 0 Å². The molecule has 0 saturated heterocycles. The summed E-state index contributed by atoms with van der Waals surface area (Å²) < 4.78 is 0. The van der Waals surface area contributed by atoms with Crippen molar-refractivity contribution in [2.75, 3.05) is 0 Å². The average molecular weight is 211 g/mol. The van der Waals surface area contributed by atoms with Crippen molar-refractivity contribution >= 4 is 11.6 Å². The van der Waals surface area contributed by atoms with Crippen LogP contribution in [0.1, 0.15) is 24.8 Å². The van der Waals surface area contributed by atoms with Crippen molar-refractivity contribution in [2.24, 2.45) is 5.92 Å². The molecule has 1 saturated carbocycles. The van der Waals surface area contributed by atoms with Crippen LogP contribution in [0.3, 0.4) is 0 Å².